The lowest BCUT2D eigenvalue weighted by Crippen LogP contribution is -2.34. The SMILES string of the molecule is CN(Cc1cccc(F)c1-c1cccc([N+](=O)[O-])c1F)C(=O)OC(C)(C)C. The van der Waals surface area contributed by atoms with E-state index >= 15 is 0 Å². The van der Waals surface area contributed by atoms with Crippen molar-refractivity contribution in [2.75, 3.05) is 7.05 Å². The molecule has 0 aliphatic rings. The van der Waals surface area contributed by atoms with Gasteiger partial charge in [0.15, 0.2) is 0 Å². The monoisotopic (exact) mass is 378 g/mol. The summed E-state index contributed by atoms with van der Waals surface area (Å²) in [5.41, 5.74) is -1.53. The summed E-state index contributed by atoms with van der Waals surface area (Å²) in [4.78, 5) is 23.5. The molecule has 1 amide bonds. The van der Waals surface area contributed by atoms with Crippen LogP contribution in [0, 0.1) is 21.7 Å². The van der Waals surface area contributed by atoms with Crippen LogP contribution in [0.4, 0.5) is 19.3 Å². The quantitative estimate of drug-likeness (QED) is 0.560. The molecular weight excluding hydrogens is 358 g/mol. The lowest BCUT2D eigenvalue weighted by atomic mass is 9.97. The van der Waals surface area contributed by atoms with Gasteiger partial charge in [-0.2, -0.15) is 4.39 Å². The fourth-order valence-corrected chi connectivity index (χ4v) is 2.52. The lowest BCUT2D eigenvalue weighted by Gasteiger charge is -2.25. The van der Waals surface area contributed by atoms with Gasteiger partial charge in [-0.15, -0.1) is 0 Å². The third-order valence-corrected chi connectivity index (χ3v) is 3.66. The van der Waals surface area contributed by atoms with E-state index in [1.807, 2.05) is 0 Å². The van der Waals surface area contributed by atoms with E-state index < -0.39 is 33.9 Å². The Hall–Kier alpha value is -3.03. The average Bonchev–Trinajstić information content (AvgIpc) is 2.54. The summed E-state index contributed by atoms with van der Waals surface area (Å²) in [6.07, 6.45) is -0.628. The van der Waals surface area contributed by atoms with Crippen LogP contribution in [0.5, 0.6) is 0 Å². The molecule has 2 aromatic carbocycles. The van der Waals surface area contributed by atoms with Gasteiger partial charge in [-0.1, -0.05) is 24.3 Å². The number of hydrogen-bond acceptors (Lipinski definition) is 4. The minimum absolute atomic E-state index is 0.0653. The maximum atomic E-state index is 14.6. The number of benzene rings is 2. The van der Waals surface area contributed by atoms with Crippen LogP contribution in [-0.2, 0) is 11.3 Å². The third kappa shape index (κ3) is 4.78. The lowest BCUT2D eigenvalue weighted by molar-refractivity contribution is -0.387. The van der Waals surface area contributed by atoms with Crippen molar-refractivity contribution in [2.24, 2.45) is 0 Å². The first kappa shape index (κ1) is 20.3. The van der Waals surface area contributed by atoms with Crippen LogP contribution in [-0.4, -0.2) is 28.6 Å². The first-order chi connectivity index (χ1) is 12.5. The standard InChI is InChI=1S/C19H20F2N2O4/c1-19(2,3)27-18(24)22(4)11-12-7-5-9-14(20)16(12)13-8-6-10-15(17(13)21)23(25)26/h5-10H,11H2,1-4H3. The predicted octanol–water partition coefficient (Wildman–Crippen LogP) is 4.91. The van der Waals surface area contributed by atoms with Gasteiger partial charge in [-0.25, -0.2) is 9.18 Å². The summed E-state index contributed by atoms with van der Waals surface area (Å²) in [6, 6.07) is 7.63. The Labute approximate surface area is 155 Å². The fraction of sp³-hybridized carbons (Fsp3) is 0.316. The number of nitro groups is 1. The number of carbonyl (C=O) groups is 1. The molecule has 0 heterocycles. The molecule has 0 aliphatic carbocycles. The highest BCUT2D eigenvalue weighted by Gasteiger charge is 2.24. The normalized spacial score (nSPS) is 11.2. The first-order valence-electron chi connectivity index (χ1n) is 8.16. The second kappa shape index (κ2) is 7.69. The van der Waals surface area contributed by atoms with Gasteiger partial charge < -0.3 is 9.64 Å². The van der Waals surface area contributed by atoms with Gasteiger partial charge in [-0.3, -0.25) is 10.1 Å². The zero-order valence-electron chi connectivity index (χ0n) is 15.5. The van der Waals surface area contributed by atoms with Crippen LogP contribution < -0.4 is 0 Å². The van der Waals surface area contributed by atoms with Crippen molar-refractivity contribution in [3.05, 3.63) is 63.7 Å². The minimum atomic E-state index is -1.13. The topological polar surface area (TPSA) is 72.7 Å². The molecule has 0 fully saturated rings. The summed E-state index contributed by atoms with van der Waals surface area (Å²) in [5, 5.41) is 11.0. The number of rotatable bonds is 4. The van der Waals surface area contributed by atoms with Crippen LogP contribution in [0.15, 0.2) is 36.4 Å². The van der Waals surface area contributed by atoms with Crippen LogP contribution in [0.25, 0.3) is 11.1 Å². The second-order valence-electron chi connectivity index (χ2n) is 7.01. The molecule has 0 unspecified atom stereocenters. The fourth-order valence-electron chi connectivity index (χ4n) is 2.52. The van der Waals surface area contributed by atoms with Gasteiger partial charge in [0.1, 0.15) is 11.4 Å². The summed E-state index contributed by atoms with van der Waals surface area (Å²) >= 11 is 0. The molecule has 0 bridgehead atoms. The summed E-state index contributed by atoms with van der Waals surface area (Å²) in [6.45, 7) is 5.07. The maximum Gasteiger partial charge on any atom is 0.410 e. The van der Waals surface area contributed by atoms with E-state index in [1.54, 1.807) is 20.8 Å². The molecule has 0 saturated heterocycles. The molecule has 2 rings (SSSR count). The Kier molecular flexibility index (Phi) is 5.78. The third-order valence-electron chi connectivity index (χ3n) is 3.66. The number of amides is 1. The van der Waals surface area contributed by atoms with E-state index in [0.29, 0.717) is 5.56 Å². The summed E-state index contributed by atoms with van der Waals surface area (Å²) in [5.74, 6) is -1.88. The van der Waals surface area contributed by atoms with E-state index in [9.17, 15) is 23.7 Å². The van der Waals surface area contributed by atoms with E-state index in [2.05, 4.69) is 0 Å². The zero-order valence-corrected chi connectivity index (χ0v) is 15.5. The molecule has 27 heavy (non-hydrogen) atoms. The highest BCUT2D eigenvalue weighted by Crippen LogP contribution is 2.33. The number of carbonyl (C=O) groups excluding carboxylic acids is 1. The van der Waals surface area contributed by atoms with Crippen LogP contribution in [0.1, 0.15) is 26.3 Å². The number of halogens is 2. The molecule has 144 valence electrons. The highest BCUT2D eigenvalue weighted by atomic mass is 19.1. The molecule has 2 aromatic rings. The van der Waals surface area contributed by atoms with Crippen LogP contribution in [0.2, 0.25) is 0 Å². The van der Waals surface area contributed by atoms with Crippen LogP contribution in [0.3, 0.4) is 0 Å². The van der Waals surface area contributed by atoms with Gasteiger partial charge in [-0.05, 0) is 32.4 Å². The Morgan fingerprint density at radius 1 is 1.19 bits per heavy atom. The number of nitro benzene ring substituents is 1. The van der Waals surface area contributed by atoms with Crippen molar-refractivity contribution in [3.8, 4) is 11.1 Å². The smallest absolute Gasteiger partial charge is 0.410 e. The van der Waals surface area contributed by atoms with Crippen LogP contribution >= 0.6 is 0 Å². The highest BCUT2D eigenvalue weighted by molar-refractivity contribution is 5.73. The summed E-state index contributed by atoms with van der Waals surface area (Å²) in [7, 11) is 1.46. The van der Waals surface area contributed by atoms with Gasteiger partial charge >= 0.3 is 11.8 Å². The molecule has 0 N–H and O–H groups in total. The van der Waals surface area contributed by atoms with Crippen molar-refractivity contribution in [2.45, 2.75) is 32.9 Å². The zero-order chi connectivity index (χ0) is 20.4. The Bertz CT molecular complexity index is 878. The van der Waals surface area contributed by atoms with Crippen molar-refractivity contribution in [1.82, 2.24) is 4.90 Å². The first-order valence-corrected chi connectivity index (χ1v) is 8.16. The molecule has 0 aromatic heterocycles. The van der Waals surface area contributed by atoms with Gasteiger partial charge in [0, 0.05) is 30.8 Å². The van der Waals surface area contributed by atoms with E-state index in [1.165, 1.54) is 36.2 Å². The molecular formula is C19H20F2N2O4. The van der Waals surface area contributed by atoms with Gasteiger partial charge in [0.25, 0.3) is 0 Å². The largest absolute Gasteiger partial charge is 0.444 e. The maximum absolute atomic E-state index is 14.6. The number of nitrogens with zero attached hydrogens (tertiary/aromatic N) is 2. The molecule has 0 atom stereocenters. The molecule has 8 heteroatoms. The van der Waals surface area contributed by atoms with Gasteiger partial charge in [0.05, 0.1) is 4.92 Å². The molecule has 6 nitrogen and oxygen atoms in total. The Morgan fingerprint density at radius 2 is 1.81 bits per heavy atom. The number of ether oxygens (including phenoxy) is 1. The molecule has 0 spiro atoms. The second-order valence-corrected chi connectivity index (χ2v) is 7.01. The Balaban J connectivity index is 2.45. The van der Waals surface area contributed by atoms with Crippen molar-refractivity contribution >= 4 is 11.8 Å². The number of hydrogen-bond donors (Lipinski definition) is 0. The van der Waals surface area contributed by atoms with Crippen molar-refractivity contribution in [1.29, 1.82) is 0 Å². The van der Waals surface area contributed by atoms with Crippen molar-refractivity contribution < 1.29 is 23.2 Å². The predicted molar refractivity (Wildman–Crippen MR) is 96.1 cm³/mol. The van der Waals surface area contributed by atoms with Gasteiger partial charge in [0.2, 0.25) is 5.82 Å². The molecule has 0 radical (unpaired) electrons. The van der Waals surface area contributed by atoms with E-state index in [0.717, 1.165) is 12.1 Å². The Morgan fingerprint density at radius 3 is 2.41 bits per heavy atom. The summed E-state index contributed by atoms with van der Waals surface area (Å²) < 4.78 is 34.3. The van der Waals surface area contributed by atoms with Crippen molar-refractivity contribution in [3.63, 3.8) is 0 Å². The average molecular weight is 378 g/mol. The molecule has 0 aliphatic heterocycles. The minimum Gasteiger partial charge on any atom is -0.444 e. The van der Waals surface area contributed by atoms with E-state index in [-0.39, 0.29) is 17.7 Å². The van der Waals surface area contributed by atoms with E-state index in [4.69, 9.17) is 4.74 Å². The molecule has 0 saturated carbocycles.